The monoisotopic (exact) mass is 259 g/mol. The summed E-state index contributed by atoms with van der Waals surface area (Å²) in [6.07, 6.45) is 6.33. The summed E-state index contributed by atoms with van der Waals surface area (Å²) in [6, 6.07) is 5.87. The average molecular weight is 259 g/mol. The molecule has 0 aliphatic heterocycles. The van der Waals surface area contributed by atoms with Crippen molar-refractivity contribution in [2.45, 2.75) is 52.9 Å². The number of pyridine rings is 1. The van der Waals surface area contributed by atoms with E-state index in [0.29, 0.717) is 5.56 Å². The zero-order valence-electron chi connectivity index (χ0n) is 12.4. The van der Waals surface area contributed by atoms with Crippen LogP contribution >= 0.6 is 0 Å². The van der Waals surface area contributed by atoms with Crippen LogP contribution in [0, 0.1) is 24.2 Å². The molecule has 1 aromatic rings. The first-order valence-corrected chi connectivity index (χ1v) is 7.25. The lowest BCUT2D eigenvalue weighted by atomic mass is 10.0. The summed E-state index contributed by atoms with van der Waals surface area (Å²) in [6.45, 7) is 7.38. The van der Waals surface area contributed by atoms with Gasteiger partial charge in [-0.2, -0.15) is 5.26 Å². The van der Waals surface area contributed by atoms with Crippen LogP contribution in [0.3, 0.4) is 0 Å². The van der Waals surface area contributed by atoms with Gasteiger partial charge in [0.15, 0.2) is 0 Å². The second-order valence-electron chi connectivity index (χ2n) is 5.48. The number of aryl methyl sites for hydroxylation is 1. The second-order valence-corrected chi connectivity index (χ2v) is 5.48. The number of rotatable bonds is 8. The SMILES string of the molecule is Cc1ccc(C#N)c(NCCCCCCC(C)C)n1. The molecule has 1 aromatic heterocycles. The predicted molar refractivity (Wildman–Crippen MR) is 80.1 cm³/mol. The van der Waals surface area contributed by atoms with Gasteiger partial charge in [0.05, 0.1) is 5.56 Å². The highest BCUT2D eigenvalue weighted by molar-refractivity contribution is 5.52. The fourth-order valence-corrected chi connectivity index (χ4v) is 2.02. The van der Waals surface area contributed by atoms with Crippen molar-refractivity contribution < 1.29 is 0 Å². The molecule has 0 bridgehead atoms. The standard InChI is InChI=1S/C16H25N3/c1-13(2)8-6-4-5-7-11-18-16-15(12-17)10-9-14(3)19-16/h9-10,13H,4-8,11H2,1-3H3,(H,18,19). The minimum Gasteiger partial charge on any atom is -0.369 e. The van der Waals surface area contributed by atoms with E-state index in [0.717, 1.165) is 30.4 Å². The number of nitrogens with zero attached hydrogens (tertiary/aromatic N) is 2. The Morgan fingerprint density at radius 3 is 2.63 bits per heavy atom. The van der Waals surface area contributed by atoms with E-state index in [1.165, 1.54) is 25.7 Å². The zero-order valence-corrected chi connectivity index (χ0v) is 12.4. The topological polar surface area (TPSA) is 48.7 Å². The van der Waals surface area contributed by atoms with Crippen molar-refractivity contribution >= 4 is 5.82 Å². The molecule has 0 aliphatic carbocycles. The third kappa shape index (κ3) is 6.24. The first kappa shape index (κ1) is 15.5. The van der Waals surface area contributed by atoms with Gasteiger partial charge in [0.2, 0.25) is 0 Å². The predicted octanol–water partition coefficient (Wildman–Crippen LogP) is 4.28. The van der Waals surface area contributed by atoms with Crippen molar-refractivity contribution in [1.82, 2.24) is 4.98 Å². The summed E-state index contributed by atoms with van der Waals surface area (Å²) in [5.41, 5.74) is 1.57. The normalized spacial score (nSPS) is 10.5. The number of aromatic nitrogens is 1. The number of nitriles is 1. The molecular weight excluding hydrogens is 234 g/mol. The Kier molecular flexibility index (Phi) is 6.95. The molecule has 0 aliphatic rings. The number of hydrogen-bond donors (Lipinski definition) is 1. The Labute approximate surface area is 117 Å². The van der Waals surface area contributed by atoms with Crippen molar-refractivity contribution in [3.05, 3.63) is 23.4 Å². The molecule has 0 radical (unpaired) electrons. The van der Waals surface area contributed by atoms with E-state index in [1.54, 1.807) is 0 Å². The third-order valence-corrected chi connectivity index (χ3v) is 3.16. The lowest BCUT2D eigenvalue weighted by molar-refractivity contribution is 0.523. The number of anilines is 1. The van der Waals surface area contributed by atoms with E-state index in [2.05, 4.69) is 30.2 Å². The van der Waals surface area contributed by atoms with Gasteiger partial charge in [0, 0.05) is 12.2 Å². The van der Waals surface area contributed by atoms with E-state index in [1.807, 2.05) is 19.1 Å². The molecule has 1 heterocycles. The molecule has 1 N–H and O–H groups in total. The largest absolute Gasteiger partial charge is 0.369 e. The minimum absolute atomic E-state index is 0.630. The van der Waals surface area contributed by atoms with Crippen molar-refractivity contribution in [3.8, 4) is 6.07 Å². The van der Waals surface area contributed by atoms with Gasteiger partial charge in [-0.15, -0.1) is 0 Å². The van der Waals surface area contributed by atoms with Crippen molar-refractivity contribution in [3.63, 3.8) is 0 Å². The molecule has 0 unspecified atom stereocenters. The molecule has 0 saturated heterocycles. The third-order valence-electron chi connectivity index (χ3n) is 3.16. The van der Waals surface area contributed by atoms with Crippen LogP contribution in [-0.4, -0.2) is 11.5 Å². The van der Waals surface area contributed by atoms with Crippen LogP contribution in [0.5, 0.6) is 0 Å². The lowest BCUT2D eigenvalue weighted by Crippen LogP contribution is -2.06. The zero-order chi connectivity index (χ0) is 14.1. The highest BCUT2D eigenvalue weighted by atomic mass is 15.0. The van der Waals surface area contributed by atoms with E-state index in [-0.39, 0.29) is 0 Å². The van der Waals surface area contributed by atoms with Crippen LogP contribution in [0.4, 0.5) is 5.82 Å². The number of nitrogens with one attached hydrogen (secondary N) is 1. The Balaban J connectivity index is 2.23. The molecule has 0 saturated carbocycles. The first-order valence-electron chi connectivity index (χ1n) is 7.25. The average Bonchev–Trinajstić information content (AvgIpc) is 2.37. The molecule has 0 spiro atoms. The van der Waals surface area contributed by atoms with Gasteiger partial charge in [-0.3, -0.25) is 0 Å². The smallest absolute Gasteiger partial charge is 0.144 e. The summed E-state index contributed by atoms with van der Waals surface area (Å²) >= 11 is 0. The summed E-state index contributed by atoms with van der Waals surface area (Å²) in [4.78, 5) is 4.37. The van der Waals surface area contributed by atoms with Gasteiger partial charge < -0.3 is 5.32 Å². The molecule has 3 nitrogen and oxygen atoms in total. The fraction of sp³-hybridized carbons (Fsp3) is 0.625. The van der Waals surface area contributed by atoms with Crippen LogP contribution in [-0.2, 0) is 0 Å². The van der Waals surface area contributed by atoms with E-state index >= 15 is 0 Å². The minimum atomic E-state index is 0.630. The highest BCUT2D eigenvalue weighted by Crippen LogP contribution is 2.13. The van der Waals surface area contributed by atoms with Crippen LogP contribution in [0.15, 0.2) is 12.1 Å². The molecule has 0 fully saturated rings. The second kappa shape index (κ2) is 8.53. The summed E-state index contributed by atoms with van der Waals surface area (Å²) in [7, 11) is 0. The van der Waals surface area contributed by atoms with Gasteiger partial charge in [0.25, 0.3) is 0 Å². The number of hydrogen-bond acceptors (Lipinski definition) is 3. The van der Waals surface area contributed by atoms with Crippen molar-refractivity contribution in [1.29, 1.82) is 5.26 Å². The molecule has 104 valence electrons. The van der Waals surface area contributed by atoms with Gasteiger partial charge in [-0.05, 0) is 31.4 Å². The molecule has 0 atom stereocenters. The highest BCUT2D eigenvalue weighted by Gasteiger charge is 2.02. The van der Waals surface area contributed by atoms with E-state index in [9.17, 15) is 0 Å². The van der Waals surface area contributed by atoms with Gasteiger partial charge in [-0.1, -0.05) is 39.5 Å². The Hall–Kier alpha value is -1.56. The van der Waals surface area contributed by atoms with Crippen LogP contribution in [0.1, 0.15) is 57.2 Å². The molecule has 0 aromatic carbocycles. The summed E-state index contributed by atoms with van der Waals surface area (Å²) < 4.78 is 0. The Morgan fingerprint density at radius 2 is 1.95 bits per heavy atom. The maximum absolute atomic E-state index is 9.00. The lowest BCUT2D eigenvalue weighted by Gasteiger charge is -2.08. The van der Waals surface area contributed by atoms with E-state index in [4.69, 9.17) is 5.26 Å². The van der Waals surface area contributed by atoms with Crippen molar-refractivity contribution in [2.24, 2.45) is 5.92 Å². The van der Waals surface area contributed by atoms with E-state index < -0.39 is 0 Å². The molecule has 3 heteroatoms. The summed E-state index contributed by atoms with van der Waals surface area (Å²) in [5.74, 6) is 1.54. The molecular formula is C16H25N3. The van der Waals surface area contributed by atoms with Crippen LogP contribution in [0.2, 0.25) is 0 Å². The molecule has 19 heavy (non-hydrogen) atoms. The van der Waals surface area contributed by atoms with Crippen LogP contribution < -0.4 is 5.32 Å². The van der Waals surface area contributed by atoms with Gasteiger partial charge >= 0.3 is 0 Å². The van der Waals surface area contributed by atoms with Gasteiger partial charge in [0.1, 0.15) is 11.9 Å². The summed E-state index contributed by atoms with van der Waals surface area (Å²) in [5, 5.41) is 12.3. The maximum atomic E-state index is 9.00. The first-order chi connectivity index (χ1) is 9.13. The number of unbranched alkanes of at least 4 members (excludes halogenated alkanes) is 3. The quantitative estimate of drug-likeness (QED) is 0.709. The van der Waals surface area contributed by atoms with Crippen molar-refractivity contribution in [2.75, 3.05) is 11.9 Å². The van der Waals surface area contributed by atoms with Gasteiger partial charge in [-0.25, -0.2) is 4.98 Å². The Bertz CT molecular complexity index is 418. The molecule has 1 rings (SSSR count). The Morgan fingerprint density at radius 1 is 1.21 bits per heavy atom. The fourth-order valence-electron chi connectivity index (χ4n) is 2.02. The maximum Gasteiger partial charge on any atom is 0.144 e. The molecule has 0 amide bonds. The van der Waals surface area contributed by atoms with Crippen LogP contribution in [0.25, 0.3) is 0 Å².